The molecule has 1 amide bonds. The van der Waals surface area contributed by atoms with E-state index in [1.165, 1.54) is 13.8 Å². The zero-order valence-corrected chi connectivity index (χ0v) is 16.4. The van der Waals surface area contributed by atoms with Gasteiger partial charge in [-0.3, -0.25) is 9.59 Å². The molecule has 0 spiro atoms. The molecule has 0 saturated heterocycles. The van der Waals surface area contributed by atoms with E-state index in [1.807, 2.05) is 0 Å². The van der Waals surface area contributed by atoms with Crippen molar-refractivity contribution in [3.05, 3.63) is 40.2 Å². The van der Waals surface area contributed by atoms with Crippen molar-refractivity contribution in [2.75, 3.05) is 18.5 Å². The summed E-state index contributed by atoms with van der Waals surface area (Å²) >= 11 is 5.86. The maximum absolute atomic E-state index is 12.2. The summed E-state index contributed by atoms with van der Waals surface area (Å²) in [4.78, 5) is 23.4. The van der Waals surface area contributed by atoms with Crippen molar-refractivity contribution in [1.82, 2.24) is 9.88 Å². The minimum Gasteiger partial charge on any atom is -0.455 e. The Morgan fingerprint density at radius 1 is 1.26 bits per heavy atom. The van der Waals surface area contributed by atoms with Gasteiger partial charge in [0.1, 0.15) is 17.1 Å². The molecule has 2 rings (SSSR count). The first-order chi connectivity index (χ1) is 12.6. The Bertz CT molecular complexity index is 951. The molecule has 2 N–H and O–H groups in total. The lowest BCUT2D eigenvalue weighted by Crippen LogP contribution is -2.32. The molecule has 0 atom stereocenters. The quantitative estimate of drug-likeness (QED) is 0.659. The van der Waals surface area contributed by atoms with Gasteiger partial charge in [0, 0.05) is 10.7 Å². The van der Waals surface area contributed by atoms with Crippen LogP contribution in [-0.2, 0) is 24.3 Å². The monoisotopic (exact) mass is 415 g/mol. The molecule has 0 saturated carbocycles. The van der Waals surface area contributed by atoms with Crippen LogP contribution in [0.2, 0.25) is 5.02 Å². The largest absolute Gasteiger partial charge is 0.455 e. The summed E-state index contributed by atoms with van der Waals surface area (Å²) in [7, 11) is -3.99. The Morgan fingerprint density at radius 2 is 1.96 bits per heavy atom. The van der Waals surface area contributed by atoms with Crippen LogP contribution in [0.15, 0.2) is 27.6 Å². The Kier molecular flexibility index (Phi) is 6.58. The smallest absolute Gasteiger partial charge is 0.321 e. The number of anilines is 1. The number of ether oxygens (including phenoxy) is 1. The van der Waals surface area contributed by atoms with Crippen LogP contribution in [0.5, 0.6) is 0 Å². The van der Waals surface area contributed by atoms with E-state index in [0.29, 0.717) is 10.7 Å². The highest BCUT2D eigenvalue weighted by molar-refractivity contribution is 7.89. The number of nitrogens with zero attached hydrogens (tertiary/aromatic N) is 1. The predicted molar refractivity (Wildman–Crippen MR) is 96.9 cm³/mol. The molecule has 0 fully saturated rings. The first-order valence-electron chi connectivity index (χ1n) is 7.74. The molecule has 0 bridgehead atoms. The van der Waals surface area contributed by atoms with Crippen molar-refractivity contribution in [3.8, 4) is 0 Å². The van der Waals surface area contributed by atoms with Crippen molar-refractivity contribution in [2.45, 2.75) is 25.7 Å². The molecule has 2 aromatic rings. The minimum absolute atomic E-state index is 0.102. The molecule has 1 heterocycles. The first kappa shape index (κ1) is 20.9. The van der Waals surface area contributed by atoms with Gasteiger partial charge in [0.25, 0.3) is 5.91 Å². The van der Waals surface area contributed by atoms with Gasteiger partial charge < -0.3 is 14.6 Å². The SMILES string of the molecule is Cc1ccc(Cl)cc1NC(=O)COC(=O)CNS(=O)(=O)c1c(C)noc1C. The number of aromatic nitrogens is 1. The number of hydrogen-bond acceptors (Lipinski definition) is 7. The van der Waals surface area contributed by atoms with Gasteiger partial charge in [-0.05, 0) is 38.5 Å². The summed E-state index contributed by atoms with van der Waals surface area (Å²) in [6.45, 7) is 3.47. The van der Waals surface area contributed by atoms with Crippen LogP contribution in [-0.4, -0.2) is 38.6 Å². The fourth-order valence-corrected chi connectivity index (χ4v) is 3.66. The van der Waals surface area contributed by atoms with E-state index in [2.05, 4.69) is 15.2 Å². The summed E-state index contributed by atoms with van der Waals surface area (Å²) < 4.78 is 36.0. The lowest BCUT2D eigenvalue weighted by atomic mass is 10.2. The number of sulfonamides is 1. The van der Waals surface area contributed by atoms with Crippen LogP contribution in [0.25, 0.3) is 0 Å². The first-order valence-corrected chi connectivity index (χ1v) is 9.60. The molecule has 0 aliphatic carbocycles. The van der Waals surface area contributed by atoms with E-state index in [1.54, 1.807) is 25.1 Å². The molecule has 0 aliphatic heterocycles. The Hall–Kier alpha value is -2.43. The molecule has 146 valence electrons. The van der Waals surface area contributed by atoms with E-state index < -0.39 is 35.1 Å². The summed E-state index contributed by atoms with van der Waals surface area (Å²) in [5.41, 5.74) is 1.44. The number of nitrogens with one attached hydrogen (secondary N) is 2. The van der Waals surface area contributed by atoms with E-state index >= 15 is 0 Å². The average Bonchev–Trinajstić information content (AvgIpc) is 2.94. The van der Waals surface area contributed by atoms with Gasteiger partial charge in [0.15, 0.2) is 12.4 Å². The van der Waals surface area contributed by atoms with Gasteiger partial charge in [0.2, 0.25) is 10.0 Å². The number of benzene rings is 1. The molecular weight excluding hydrogens is 398 g/mol. The van der Waals surface area contributed by atoms with Crippen molar-refractivity contribution in [1.29, 1.82) is 0 Å². The molecular formula is C16H18ClN3O6S. The van der Waals surface area contributed by atoms with Crippen LogP contribution >= 0.6 is 11.6 Å². The minimum atomic E-state index is -3.99. The summed E-state index contributed by atoms with van der Waals surface area (Å²) in [6, 6.07) is 4.97. The van der Waals surface area contributed by atoms with E-state index in [9.17, 15) is 18.0 Å². The number of hydrogen-bond donors (Lipinski definition) is 2. The molecule has 0 radical (unpaired) electrons. The lowest BCUT2D eigenvalue weighted by molar-refractivity contribution is -0.146. The third-order valence-electron chi connectivity index (χ3n) is 3.48. The number of rotatable bonds is 7. The lowest BCUT2D eigenvalue weighted by Gasteiger charge is -2.10. The van der Waals surface area contributed by atoms with Crippen molar-refractivity contribution in [2.24, 2.45) is 0 Å². The highest BCUT2D eigenvalue weighted by atomic mass is 35.5. The van der Waals surface area contributed by atoms with Gasteiger partial charge in [-0.25, -0.2) is 8.42 Å². The molecule has 9 nitrogen and oxygen atoms in total. The number of carbonyl (C=O) groups excluding carboxylic acids is 2. The number of aryl methyl sites for hydroxylation is 3. The third kappa shape index (κ3) is 5.52. The van der Waals surface area contributed by atoms with Gasteiger partial charge in [-0.1, -0.05) is 22.8 Å². The fourth-order valence-electron chi connectivity index (χ4n) is 2.20. The van der Waals surface area contributed by atoms with Crippen LogP contribution in [0.3, 0.4) is 0 Å². The van der Waals surface area contributed by atoms with Gasteiger partial charge in [-0.15, -0.1) is 0 Å². The van der Waals surface area contributed by atoms with Crippen LogP contribution in [0, 0.1) is 20.8 Å². The molecule has 1 aromatic carbocycles. The fraction of sp³-hybridized carbons (Fsp3) is 0.312. The van der Waals surface area contributed by atoms with E-state index in [0.717, 1.165) is 5.56 Å². The summed E-state index contributed by atoms with van der Waals surface area (Å²) in [5, 5.41) is 6.55. The third-order valence-corrected chi connectivity index (χ3v) is 5.36. The normalized spacial score (nSPS) is 11.3. The molecule has 1 aromatic heterocycles. The number of carbonyl (C=O) groups is 2. The number of amides is 1. The maximum Gasteiger partial charge on any atom is 0.321 e. The maximum atomic E-state index is 12.2. The van der Waals surface area contributed by atoms with E-state index in [4.69, 9.17) is 20.9 Å². The second-order valence-electron chi connectivity index (χ2n) is 5.65. The summed E-state index contributed by atoms with van der Waals surface area (Å²) in [5.74, 6) is -1.39. The van der Waals surface area contributed by atoms with Crippen molar-refractivity contribution < 1.29 is 27.3 Å². The zero-order valence-electron chi connectivity index (χ0n) is 14.8. The molecule has 0 aliphatic rings. The zero-order chi connectivity index (χ0) is 20.2. The van der Waals surface area contributed by atoms with Gasteiger partial charge >= 0.3 is 5.97 Å². The Labute approximate surface area is 161 Å². The van der Waals surface area contributed by atoms with Gasteiger partial charge in [-0.2, -0.15) is 4.72 Å². The molecule has 0 unspecified atom stereocenters. The van der Waals surface area contributed by atoms with Crippen molar-refractivity contribution in [3.63, 3.8) is 0 Å². The topological polar surface area (TPSA) is 128 Å². The Morgan fingerprint density at radius 3 is 2.59 bits per heavy atom. The van der Waals surface area contributed by atoms with Crippen LogP contribution in [0.4, 0.5) is 5.69 Å². The van der Waals surface area contributed by atoms with Crippen LogP contribution < -0.4 is 10.0 Å². The molecule has 27 heavy (non-hydrogen) atoms. The van der Waals surface area contributed by atoms with E-state index in [-0.39, 0.29) is 16.3 Å². The Balaban J connectivity index is 1.86. The predicted octanol–water partition coefficient (Wildman–Crippen LogP) is 1.71. The second kappa shape index (κ2) is 8.51. The summed E-state index contributed by atoms with van der Waals surface area (Å²) in [6.07, 6.45) is 0. The average molecular weight is 416 g/mol. The van der Waals surface area contributed by atoms with Crippen LogP contribution in [0.1, 0.15) is 17.0 Å². The second-order valence-corrected chi connectivity index (χ2v) is 7.79. The highest BCUT2D eigenvalue weighted by Gasteiger charge is 2.25. The molecule has 11 heteroatoms. The number of esters is 1. The number of halogens is 1. The standard InChI is InChI=1S/C16H18ClN3O6S/c1-9-4-5-12(17)6-13(9)19-14(21)8-25-15(22)7-18-27(23,24)16-10(2)20-26-11(16)3/h4-6,18H,7-8H2,1-3H3,(H,19,21). The van der Waals surface area contributed by atoms with Gasteiger partial charge in [0.05, 0.1) is 0 Å². The highest BCUT2D eigenvalue weighted by Crippen LogP contribution is 2.20. The van der Waals surface area contributed by atoms with Crippen molar-refractivity contribution >= 4 is 39.2 Å².